The lowest BCUT2D eigenvalue weighted by molar-refractivity contribution is -0.117. The Morgan fingerprint density at radius 1 is 1.16 bits per heavy atom. The normalized spacial score (nSPS) is 12.8. The lowest BCUT2D eigenvalue weighted by atomic mass is 10.1. The number of hydrogen-bond acceptors (Lipinski definition) is 4. The molecule has 0 fully saturated rings. The number of carbonyl (C=O) groups excluding carboxylic acids is 1. The fourth-order valence-corrected chi connectivity index (χ4v) is 3.46. The number of aryl methyl sites for hydroxylation is 1. The molecule has 0 saturated carbocycles. The summed E-state index contributed by atoms with van der Waals surface area (Å²) < 4.78 is 5.58. The van der Waals surface area contributed by atoms with Crippen molar-refractivity contribution < 1.29 is 9.21 Å². The van der Waals surface area contributed by atoms with E-state index in [1.165, 1.54) is 11.1 Å². The second-order valence-electron chi connectivity index (χ2n) is 7.21. The molecule has 1 aliphatic heterocycles. The number of aromatic nitrogens is 1. The molecule has 2 aromatic carbocycles. The molecule has 1 aliphatic rings. The second kappa shape index (κ2) is 10.4. The summed E-state index contributed by atoms with van der Waals surface area (Å²) in [6.07, 6.45) is 2.52. The van der Waals surface area contributed by atoms with Gasteiger partial charge >= 0.3 is 0 Å². The molecule has 8 heteroatoms. The van der Waals surface area contributed by atoms with Crippen LogP contribution in [0.3, 0.4) is 0 Å². The third kappa shape index (κ3) is 5.43. The van der Waals surface area contributed by atoms with Crippen molar-refractivity contribution in [3.63, 3.8) is 0 Å². The highest BCUT2D eigenvalue weighted by Gasteiger charge is 2.23. The molecule has 0 spiro atoms. The van der Waals surface area contributed by atoms with Gasteiger partial charge in [0, 0.05) is 24.8 Å². The van der Waals surface area contributed by atoms with Crippen LogP contribution in [-0.4, -0.2) is 37.0 Å². The lowest BCUT2D eigenvalue weighted by Crippen LogP contribution is -2.44. The quantitative estimate of drug-likeness (QED) is 0.299. The number of benzene rings is 2. The predicted molar refractivity (Wildman–Crippen MR) is 133 cm³/mol. The molecule has 0 radical (unpaired) electrons. The smallest absolute Gasteiger partial charge is 0.246 e. The maximum Gasteiger partial charge on any atom is 0.246 e. The van der Waals surface area contributed by atoms with Gasteiger partial charge in [0.25, 0.3) is 0 Å². The molecular weight excluding hydrogens is 505 g/mol. The van der Waals surface area contributed by atoms with Crippen molar-refractivity contribution in [2.75, 3.05) is 25.0 Å². The molecule has 0 atom stereocenters. The van der Waals surface area contributed by atoms with E-state index in [1.807, 2.05) is 54.3 Å². The summed E-state index contributed by atoms with van der Waals surface area (Å²) in [6.45, 7) is 3.37. The number of nitrogens with zero attached hydrogens (tertiary/aromatic N) is 3. The van der Waals surface area contributed by atoms with E-state index in [0.717, 1.165) is 23.4 Å². The van der Waals surface area contributed by atoms with E-state index >= 15 is 0 Å². The van der Waals surface area contributed by atoms with Crippen LogP contribution in [0.4, 0.5) is 5.69 Å². The van der Waals surface area contributed by atoms with Gasteiger partial charge in [-0.25, -0.2) is 4.98 Å². The van der Waals surface area contributed by atoms with Crippen LogP contribution in [0.15, 0.2) is 64.2 Å². The highest BCUT2D eigenvalue weighted by atomic mass is 127. The van der Waals surface area contributed by atoms with Crippen molar-refractivity contribution in [1.82, 2.24) is 15.6 Å². The van der Waals surface area contributed by atoms with E-state index in [4.69, 9.17) is 4.42 Å². The van der Waals surface area contributed by atoms with E-state index in [9.17, 15) is 4.79 Å². The number of fused-ring (bicyclic) bond motifs is 1. The molecule has 0 bridgehead atoms. The van der Waals surface area contributed by atoms with Gasteiger partial charge in [0.15, 0.2) is 5.96 Å². The Morgan fingerprint density at radius 3 is 2.71 bits per heavy atom. The Labute approximate surface area is 199 Å². The van der Waals surface area contributed by atoms with Crippen LogP contribution in [0.5, 0.6) is 0 Å². The number of nitrogens with one attached hydrogen (secondary N) is 2. The molecule has 0 aliphatic carbocycles. The molecule has 1 aromatic heterocycles. The van der Waals surface area contributed by atoms with Crippen LogP contribution in [0.2, 0.25) is 0 Å². The SMILES string of the molecule is CN=C(NCC(=O)N1CCc2ccccc21)NCc1coc(-c2ccc(C)cc2)n1.I. The van der Waals surface area contributed by atoms with Gasteiger partial charge in [-0.3, -0.25) is 9.79 Å². The minimum Gasteiger partial charge on any atom is -0.444 e. The zero-order valence-corrected chi connectivity index (χ0v) is 19.9. The van der Waals surface area contributed by atoms with Crippen molar-refractivity contribution in [2.45, 2.75) is 19.9 Å². The number of para-hydroxylation sites is 1. The maximum atomic E-state index is 12.6. The van der Waals surface area contributed by atoms with Crippen molar-refractivity contribution in [3.05, 3.63) is 71.6 Å². The molecule has 0 saturated heterocycles. The van der Waals surface area contributed by atoms with Crippen LogP contribution in [-0.2, 0) is 17.8 Å². The number of rotatable bonds is 5. The molecule has 3 aromatic rings. The van der Waals surface area contributed by atoms with Crippen molar-refractivity contribution in [3.8, 4) is 11.5 Å². The van der Waals surface area contributed by atoms with E-state index in [0.29, 0.717) is 24.9 Å². The number of halogens is 1. The molecule has 31 heavy (non-hydrogen) atoms. The number of aliphatic imine (C=N–C) groups is 1. The van der Waals surface area contributed by atoms with Crippen LogP contribution in [0.25, 0.3) is 11.5 Å². The zero-order chi connectivity index (χ0) is 20.9. The van der Waals surface area contributed by atoms with Crippen LogP contribution < -0.4 is 15.5 Å². The Kier molecular flexibility index (Phi) is 7.67. The van der Waals surface area contributed by atoms with Crippen molar-refractivity contribution >= 4 is 41.5 Å². The number of hydrogen-bond donors (Lipinski definition) is 2. The number of guanidine groups is 1. The lowest BCUT2D eigenvalue weighted by Gasteiger charge is -2.18. The third-order valence-corrected chi connectivity index (χ3v) is 5.11. The molecule has 0 unspecified atom stereocenters. The first-order chi connectivity index (χ1) is 14.6. The first kappa shape index (κ1) is 22.8. The zero-order valence-electron chi connectivity index (χ0n) is 17.6. The largest absolute Gasteiger partial charge is 0.444 e. The molecule has 1 amide bonds. The molecule has 162 valence electrons. The average Bonchev–Trinajstić information content (AvgIpc) is 3.41. The van der Waals surface area contributed by atoms with Gasteiger partial charge in [0.2, 0.25) is 11.8 Å². The summed E-state index contributed by atoms with van der Waals surface area (Å²) in [5, 5.41) is 6.25. The van der Waals surface area contributed by atoms with Crippen molar-refractivity contribution in [2.24, 2.45) is 4.99 Å². The Hall–Kier alpha value is -2.88. The topological polar surface area (TPSA) is 82.8 Å². The maximum absolute atomic E-state index is 12.6. The predicted octanol–water partition coefficient (Wildman–Crippen LogP) is 3.52. The Balaban J connectivity index is 0.00000272. The molecule has 2 N–H and O–H groups in total. The van der Waals surface area contributed by atoms with Gasteiger partial charge in [0.1, 0.15) is 6.26 Å². The second-order valence-corrected chi connectivity index (χ2v) is 7.21. The van der Waals surface area contributed by atoms with Crippen molar-refractivity contribution in [1.29, 1.82) is 0 Å². The fourth-order valence-electron chi connectivity index (χ4n) is 3.46. The molecule has 4 rings (SSSR count). The standard InChI is InChI=1S/C23H25N5O2.HI/c1-16-7-9-18(10-8-16)22-27-19(15-30-22)13-25-23(24-2)26-14-21(29)28-12-11-17-5-3-4-6-20(17)28;/h3-10,15H,11-14H2,1-2H3,(H2,24,25,26);1H. The van der Waals surface area contributed by atoms with Gasteiger partial charge in [-0.1, -0.05) is 35.9 Å². The van der Waals surface area contributed by atoms with Gasteiger partial charge in [-0.2, -0.15) is 0 Å². The summed E-state index contributed by atoms with van der Waals surface area (Å²) >= 11 is 0. The van der Waals surface area contributed by atoms with E-state index in [1.54, 1.807) is 13.3 Å². The summed E-state index contributed by atoms with van der Waals surface area (Å²) in [5.41, 5.74) is 5.09. The molecule has 7 nitrogen and oxygen atoms in total. The number of anilines is 1. The van der Waals surface area contributed by atoms with Gasteiger partial charge in [-0.15, -0.1) is 24.0 Å². The van der Waals surface area contributed by atoms with Gasteiger partial charge in [0.05, 0.1) is 18.8 Å². The number of oxazole rings is 1. The molecular formula is C23H26IN5O2. The van der Waals surface area contributed by atoms with Crippen LogP contribution in [0, 0.1) is 6.92 Å². The van der Waals surface area contributed by atoms with Crippen LogP contribution in [0.1, 0.15) is 16.8 Å². The highest BCUT2D eigenvalue weighted by Crippen LogP contribution is 2.27. The average molecular weight is 531 g/mol. The van der Waals surface area contributed by atoms with Gasteiger partial charge in [-0.05, 0) is 37.1 Å². The summed E-state index contributed by atoms with van der Waals surface area (Å²) in [4.78, 5) is 23.2. The Bertz CT molecular complexity index is 1060. The summed E-state index contributed by atoms with van der Waals surface area (Å²) in [7, 11) is 1.67. The van der Waals surface area contributed by atoms with E-state index in [2.05, 4.69) is 26.7 Å². The number of amides is 1. The third-order valence-electron chi connectivity index (χ3n) is 5.11. The monoisotopic (exact) mass is 531 g/mol. The first-order valence-corrected chi connectivity index (χ1v) is 9.98. The molecule has 2 heterocycles. The highest BCUT2D eigenvalue weighted by molar-refractivity contribution is 14.0. The number of carbonyl (C=O) groups is 1. The minimum absolute atomic E-state index is 0. The minimum atomic E-state index is 0. The summed E-state index contributed by atoms with van der Waals surface area (Å²) in [6, 6.07) is 16.1. The van der Waals surface area contributed by atoms with Crippen LogP contribution >= 0.6 is 24.0 Å². The first-order valence-electron chi connectivity index (χ1n) is 9.98. The summed E-state index contributed by atoms with van der Waals surface area (Å²) in [5.74, 6) is 1.14. The van der Waals surface area contributed by atoms with E-state index < -0.39 is 0 Å². The van der Waals surface area contributed by atoms with Gasteiger partial charge < -0.3 is 20.0 Å². The Morgan fingerprint density at radius 2 is 1.94 bits per heavy atom. The fraction of sp³-hybridized carbons (Fsp3) is 0.261. The van der Waals surface area contributed by atoms with E-state index in [-0.39, 0.29) is 36.4 Å².